The lowest BCUT2D eigenvalue weighted by atomic mass is 10.1. The van der Waals surface area contributed by atoms with Crippen LogP contribution in [0.25, 0.3) is 11.3 Å². The number of aromatic nitrogens is 1. The summed E-state index contributed by atoms with van der Waals surface area (Å²) < 4.78 is 6.65. The highest BCUT2D eigenvalue weighted by Crippen LogP contribution is 2.34. The predicted octanol–water partition coefficient (Wildman–Crippen LogP) is 5.50. The fourth-order valence-electron chi connectivity index (χ4n) is 2.34. The number of nitrogens with one attached hydrogen (secondary N) is 1. The van der Waals surface area contributed by atoms with Gasteiger partial charge in [0.05, 0.1) is 27.8 Å². The molecule has 0 saturated carbocycles. The summed E-state index contributed by atoms with van der Waals surface area (Å²) in [5.74, 6) is 0.0277. The van der Waals surface area contributed by atoms with Crippen molar-refractivity contribution in [1.29, 1.82) is 0 Å². The maximum atomic E-state index is 12.6. The third-order valence-corrected chi connectivity index (χ3v) is 5.34. The lowest BCUT2D eigenvalue weighted by molar-refractivity contribution is -0.384. The summed E-state index contributed by atoms with van der Waals surface area (Å²) in [6.07, 6.45) is 0. The van der Waals surface area contributed by atoms with Crippen LogP contribution in [0.2, 0.25) is 0 Å². The number of methoxy groups -OCH3 is 1. The zero-order chi connectivity index (χ0) is 19.6. The van der Waals surface area contributed by atoms with Gasteiger partial charge in [-0.05, 0) is 28.1 Å². The zero-order valence-electron chi connectivity index (χ0n) is 13.7. The number of ether oxygens (including phenoxy) is 1. The van der Waals surface area contributed by atoms with Crippen molar-refractivity contribution in [3.05, 3.63) is 66.4 Å². The van der Waals surface area contributed by atoms with Gasteiger partial charge in [-0.2, -0.15) is 0 Å². The molecule has 7 nitrogen and oxygen atoms in total. The van der Waals surface area contributed by atoms with E-state index in [1.807, 2.05) is 0 Å². The molecule has 0 spiro atoms. The Labute approximate surface area is 174 Å². The van der Waals surface area contributed by atoms with Crippen LogP contribution in [0.1, 0.15) is 10.4 Å². The van der Waals surface area contributed by atoms with E-state index < -0.39 is 4.92 Å². The molecule has 0 aliphatic rings. The number of thiazole rings is 1. The predicted molar refractivity (Wildman–Crippen MR) is 111 cm³/mol. The van der Waals surface area contributed by atoms with Crippen molar-refractivity contribution in [2.45, 2.75) is 0 Å². The van der Waals surface area contributed by atoms with Gasteiger partial charge in [0.2, 0.25) is 0 Å². The van der Waals surface area contributed by atoms with Crippen LogP contribution in [0.3, 0.4) is 0 Å². The van der Waals surface area contributed by atoms with Crippen molar-refractivity contribution in [1.82, 2.24) is 4.98 Å². The van der Waals surface area contributed by atoms with Gasteiger partial charge in [0.1, 0.15) is 5.75 Å². The van der Waals surface area contributed by atoms with Crippen molar-refractivity contribution in [3.8, 4) is 17.0 Å². The van der Waals surface area contributed by atoms with E-state index in [4.69, 9.17) is 4.74 Å². The number of carbonyl (C=O) groups is 1. The Bertz CT molecular complexity index is 1040. The number of nitro benzene ring substituents is 1. The first-order valence-corrected chi connectivity index (χ1v) is 9.90. The Balaban J connectivity index is 1.85. The average Bonchev–Trinajstić information content (AvgIpc) is 3.09. The van der Waals surface area contributed by atoms with Crippen LogP contribution in [-0.4, -0.2) is 22.9 Å². The van der Waals surface area contributed by atoms with E-state index in [0.29, 0.717) is 32.2 Å². The van der Waals surface area contributed by atoms with E-state index in [9.17, 15) is 14.9 Å². The number of hydrogen-bond acceptors (Lipinski definition) is 6. The second-order valence-corrected chi connectivity index (χ2v) is 7.90. The summed E-state index contributed by atoms with van der Waals surface area (Å²) in [6, 6.07) is 9.59. The summed E-state index contributed by atoms with van der Waals surface area (Å²) in [4.78, 5) is 27.4. The Morgan fingerprint density at radius 1 is 1.30 bits per heavy atom. The Hall–Kier alpha value is -2.30. The maximum absolute atomic E-state index is 12.6. The molecule has 1 amide bonds. The molecule has 10 heteroatoms. The maximum Gasteiger partial charge on any atom is 0.270 e. The van der Waals surface area contributed by atoms with Crippen LogP contribution >= 0.6 is 43.2 Å². The highest BCUT2D eigenvalue weighted by Gasteiger charge is 2.18. The molecule has 0 atom stereocenters. The van der Waals surface area contributed by atoms with Crippen LogP contribution in [0.5, 0.6) is 5.75 Å². The quantitative estimate of drug-likeness (QED) is 0.359. The first-order chi connectivity index (χ1) is 12.9. The molecular weight excluding hydrogens is 502 g/mol. The molecule has 1 heterocycles. The van der Waals surface area contributed by atoms with Crippen LogP contribution in [0.15, 0.2) is 50.7 Å². The minimum Gasteiger partial charge on any atom is -0.495 e. The first-order valence-electron chi connectivity index (χ1n) is 7.43. The molecule has 1 N–H and O–H groups in total. The van der Waals surface area contributed by atoms with E-state index in [2.05, 4.69) is 42.2 Å². The standard InChI is InChI=1S/C17H11Br2N3O4S/c1-26-15-12(6-10(18)7-13(15)19)16(23)21-17-20-14(8-27-17)9-3-2-4-11(5-9)22(24)25/h2-8H,1H3,(H,20,21,23). The number of anilines is 1. The lowest BCUT2D eigenvalue weighted by Gasteiger charge is -2.10. The van der Waals surface area contributed by atoms with E-state index >= 15 is 0 Å². The summed E-state index contributed by atoms with van der Waals surface area (Å²) in [6.45, 7) is 0. The van der Waals surface area contributed by atoms with Gasteiger partial charge in [0.25, 0.3) is 11.6 Å². The number of nitro groups is 1. The number of amides is 1. The monoisotopic (exact) mass is 511 g/mol. The largest absolute Gasteiger partial charge is 0.495 e. The van der Waals surface area contributed by atoms with Crippen molar-refractivity contribution in [2.24, 2.45) is 0 Å². The molecule has 1 aromatic heterocycles. The fraction of sp³-hybridized carbons (Fsp3) is 0.0588. The summed E-state index contributed by atoms with van der Waals surface area (Å²) in [7, 11) is 1.48. The van der Waals surface area contributed by atoms with E-state index in [0.717, 1.165) is 4.47 Å². The van der Waals surface area contributed by atoms with Gasteiger partial charge in [-0.1, -0.05) is 28.1 Å². The minimum atomic E-state index is -0.462. The van der Waals surface area contributed by atoms with E-state index in [1.165, 1.54) is 30.6 Å². The average molecular weight is 513 g/mol. The number of carbonyl (C=O) groups excluding carboxylic acids is 1. The van der Waals surface area contributed by atoms with Crippen LogP contribution in [0.4, 0.5) is 10.8 Å². The highest BCUT2D eigenvalue weighted by atomic mass is 79.9. The Morgan fingerprint density at radius 2 is 2.07 bits per heavy atom. The van der Waals surface area contributed by atoms with Crippen molar-refractivity contribution in [3.63, 3.8) is 0 Å². The van der Waals surface area contributed by atoms with Gasteiger partial charge in [0, 0.05) is 27.5 Å². The smallest absolute Gasteiger partial charge is 0.270 e. The number of nitrogens with zero attached hydrogens (tertiary/aromatic N) is 2. The number of halogens is 2. The van der Waals surface area contributed by atoms with Gasteiger partial charge in [-0.15, -0.1) is 11.3 Å². The number of benzene rings is 2. The molecule has 0 aliphatic heterocycles. The molecule has 3 aromatic rings. The molecule has 0 fully saturated rings. The SMILES string of the molecule is COc1c(Br)cc(Br)cc1C(=O)Nc1nc(-c2cccc([N+](=O)[O-])c2)cs1. The van der Waals surface area contributed by atoms with Crippen molar-refractivity contribution >= 4 is 59.9 Å². The summed E-state index contributed by atoms with van der Waals surface area (Å²) in [5.41, 5.74) is 1.46. The molecule has 0 radical (unpaired) electrons. The minimum absolute atomic E-state index is 0.0187. The third-order valence-electron chi connectivity index (χ3n) is 3.53. The zero-order valence-corrected chi connectivity index (χ0v) is 17.7. The molecule has 0 saturated heterocycles. The molecular formula is C17H11Br2N3O4S. The summed E-state index contributed by atoms with van der Waals surface area (Å²) in [5, 5.41) is 15.7. The molecule has 2 aromatic carbocycles. The Morgan fingerprint density at radius 3 is 2.78 bits per heavy atom. The van der Waals surface area contributed by atoms with Gasteiger partial charge in [-0.25, -0.2) is 4.98 Å². The number of non-ortho nitro benzene ring substituents is 1. The molecule has 0 aliphatic carbocycles. The van der Waals surface area contributed by atoms with E-state index in [1.54, 1.807) is 29.6 Å². The lowest BCUT2D eigenvalue weighted by Crippen LogP contribution is -2.13. The number of rotatable bonds is 5. The Kier molecular flexibility index (Phi) is 5.88. The van der Waals surface area contributed by atoms with Gasteiger partial charge < -0.3 is 4.74 Å². The molecule has 0 unspecified atom stereocenters. The van der Waals surface area contributed by atoms with Crippen molar-refractivity contribution in [2.75, 3.05) is 12.4 Å². The third kappa shape index (κ3) is 4.34. The number of hydrogen-bond donors (Lipinski definition) is 1. The van der Waals surface area contributed by atoms with Gasteiger partial charge in [-0.3, -0.25) is 20.2 Å². The normalized spacial score (nSPS) is 10.5. The molecule has 0 bridgehead atoms. The summed E-state index contributed by atoms with van der Waals surface area (Å²) >= 11 is 7.94. The molecule has 3 rings (SSSR count). The van der Waals surface area contributed by atoms with Crippen molar-refractivity contribution < 1.29 is 14.5 Å². The highest BCUT2D eigenvalue weighted by molar-refractivity contribution is 9.11. The molecule has 27 heavy (non-hydrogen) atoms. The van der Waals surface area contributed by atoms with Crippen LogP contribution in [-0.2, 0) is 0 Å². The van der Waals surface area contributed by atoms with Crippen LogP contribution in [0, 0.1) is 10.1 Å². The molecule has 138 valence electrons. The first kappa shape index (κ1) is 19.5. The topological polar surface area (TPSA) is 94.4 Å². The second-order valence-electron chi connectivity index (χ2n) is 5.27. The fourth-order valence-corrected chi connectivity index (χ4v) is 4.45. The van der Waals surface area contributed by atoms with E-state index in [-0.39, 0.29) is 11.6 Å². The van der Waals surface area contributed by atoms with Gasteiger partial charge in [0.15, 0.2) is 5.13 Å². The van der Waals surface area contributed by atoms with Crippen LogP contribution < -0.4 is 10.1 Å². The second kappa shape index (κ2) is 8.15. The van der Waals surface area contributed by atoms with Gasteiger partial charge >= 0.3 is 0 Å².